The van der Waals surface area contributed by atoms with Crippen molar-refractivity contribution in [3.8, 4) is 0 Å². The zero-order valence-electron chi connectivity index (χ0n) is 10.2. The largest absolute Gasteiger partial charge is 0.350 e. The van der Waals surface area contributed by atoms with E-state index in [0.29, 0.717) is 12.2 Å². The van der Waals surface area contributed by atoms with E-state index in [1.54, 1.807) is 0 Å². The van der Waals surface area contributed by atoms with Crippen LogP contribution in [0.3, 0.4) is 0 Å². The van der Waals surface area contributed by atoms with Crippen LogP contribution in [0.5, 0.6) is 0 Å². The van der Waals surface area contributed by atoms with E-state index in [1.807, 2.05) is 43.3 Å². The summed E-state index contributed by atoms with van der Waals surface area (Å²) in [6.07, 6.45) is 4.86. The number of halogens is 1. The molecule has 94 valence electrons. The second kappa shape index (κ2) is 5.87. The van der Waals surface area contributed by atoms with E-state index in [4.69, 9.17) is 0 Å². The molecule has 0 spiro atoms. The van der Waals surface area contributed by atoms with Gasteiger partial charge in [0.05, 0.1) is 0 Å². The molecule has 1 aromatic carbocycles. The van der Waals surface area contributed by atoms with Gasteiger partial charge in [-0.15, -0.1) is 0 Å². The summed E-state index contributed by atoms with van der Waals surface area (Å²) in [4.78, 5) is 15.0. The molecule has 1 amide bonds. The van der Waals surface area contributed by atoms with Gasteiger partial charge in [0, 0.05) is 21.9 Å². The number of allylic oxidation sites excluding steroid dienone is 1. The first kappa shape index (κ1) is 12.9. The van der Waals surface area contributed by atoms with Gasteiger partial charge in [0.1, 0.15) is 5.69 Å². The monoisotopic (exact) mass is 306 g/mol. The normalized spacial score (nSPS) is 11.2. The highest BCUT2D eigenvalue weighted by atomic mass is 79.9. The van der Waals surface area contributed by atoms with Crippen LogP contribution >= 0.6 is 15.9 Å². The van der Waals surface area contributed by atoms with Gasteiger partial charge in [-0.05, 0) is 31.5 Å². The summed E-state index contributed by atoms with van der Waals surface area (Å²) in [6.45, 7) is 2.62. The van der Waals surface area contributed by atoms with Gasteiger partial charge in [-0.25, -0.2) is 0 Å². The molecule has 3 nitrogen and oxygen atoms in total. The van der Waals surface area contributed by atoms with E-state index < -0.39 is 0 Å². The van der Waals surface area contributed by atoms with Crippen molar-refractivity contribution in [2.24, 2.45) is 0 Å². The zero-order chi connectivity index (χ0) is 13.0. The second-order valence-corrected chi connectivity index (χ2v) is 4.94. The molecule has 0 saturated heterocycles. The van der Waals surface area contributed by atoms with Crippen molar-refractivity contribution in [2.75, 3.05) is 6.54 Å². The number of H-pyrrole nitrogens is 1. The van der Waals surface area contributed by atoms with Crippen LogP contribution in [-0.4, -0.2) is 17.4 Å². The topological polar surface area (TPSA) is 44.9 Å². The highest BCUT2D eigenvalue weighted by molar-refractivity contribution is 9.10. The van der Waals surface area contributed by atoms with Crippen LogP contribution in [0, 0.1) is 0 Å². The van der Waals surface area contributed by atoms with E-state index in [-0.39, 0.29) is 5.91 Å². The molecule has 0 unspecified atom stereocenters. The Morgan fingerprint density at radius 3 is 3.06 bits per heavy atom. The average Bonchev–Trinajstić information content (AvgIpc) is 2.77. The third kappa shape index (κ3) is 3.01. The summed E-state index contributed by atoms with van der Waals surface area (Å²) in [5.41, 5.74) is 1.56. The third-order valence-corrected chi connectivity index (χ3v) is 3.15. The van der Waals surface area contributed by atoms with Gasteiger partial charge in [0.25, 0.3) is 5.91 Å². The summed E-state index contributed by atoms with van der Waals surface area (Å²) in [5, 5.41) is 3.91. The smallest absolute Gasteiger partial charge is 0.267 e. The molecule has 0 fully saturated rings. The van der Waals surface area contributed by atoms with Gasteiger partial charge < -0.3 is 10.3 Å². The van der Waals surface area contributed by atoms with E-state index in [9.17, 15) is 4.79 Å². The van der Waals surface area contributed by atoms with Gasteiger partial charge in [-0.3, -0.25) is 4.79 Å². The number of carbonyl (C=O) groups is 1. The van der Waals surface area contributed by atoms with Crippen molar-refractivity contribution >= 4 is 32.7 Å². The SMILES string of the molecule is C/C=C/CCNC(=O)c1cc2ccc(Br)cc2[nH]1. The van der Waals surface area contributed by atoms with Gasteiger partial charge >= 0.3 is 0 Å². The quantitative estimate of drug-likeness (QED) is 0.657. The number of aromatic nitrogens is 1. The van der Waals surface area contributed by atoms with Crippen LogP contribution in [-0.2, 0) is 0 Å². The highest BCUT2D eigenvalue weighted by Gasteiger charge is 2.08. The Bertz CT molecular complexity index is 586. The van der Waals surface area contributed by atoms with Gasteiger partial charge in [-0.1, -0.05) is 34.1 Å². The lowest BCUT2D eigenvalue weighted by Crippen LogP contribution is -2.24. The third-order valence-electron chi connectivity index (χ3n) is 2.66. The Kier molecular flexibility index (Phi) is 4.20. The molecule has 0 aliphatic rings. The Hall–Kier alpha value is -1.55. The molecule has 2 N–H and O–H groups in total. The van der Waals surface area contributed by atoms with Crippen LogP contribution in [0.1, 0.15) is 23.8 Å². The summed E-state index contributed by atoms with van der Waals surface area (Å²) < 4.78 is 0.997. The number of aromatic amines is 1. The van der Waals surface area contributed by atoms with Crippen molar-refractivity contribution in [3.05, 3.63) is 46.6 Å². The molecule has 18 heavy (non-hydrogen) atoms. The number of nitrogens with one attached hydrogen (secondary N) is 2. The van der Waals surface area contributed by atoms with E-state index in [1.165, 1.54) is 0 Å². The predicted molar refractivity (Wildman–Crippen MR) is 77.8 cm³/mol. The molecule has 2 rings (SSSR count). The number of rotatable bonds is 4. The number of benzene rings is 1. The molecule has 0 bridgehead atoms. The van der Waals surface area contributed by atoms with Crippen LogP contribution < -0.4 is 5.32 Å². The minimum Gasteiger partial charge on any atom is -0.350 e. The van der Waals surface area contributed by atoms with Crippen LogP contribution in [0.2, 0.25) is 0 Å². The first-order valence-corrected chi connectivity index (χ1v) is 6.67. The molecule has 0 aliphatic carbocycles. The summed E-state index contributed by atoms with van der Waals surface area (Å²) in [5.74, 6) is -0.0631. The molecule has 0 atom stereocenters. The molecule has 1 heterocycles. The first-order chi connectivity index (χ1) is 8.70. The fraction of sp³-hybridized carbons (Fsp3) is 0.214. The average molecular weight is 307 g/mol. The van der Waals surface area contributed by atoms with E-state index in [0.717, 1.165) is 21.8 Å². The standard InChI is InChI=1S/C14H15BrN2O/c1-2-3-4-7-16-14(18)13-8-10-5-6-11(15)9-12(10)17-13/h2-3,5-6,8-9,17H,4,7H2,1H3,(H,16,18)/b3-2+. The summed E-state index contributed by atoms with van der Waals surface area (Å²) >= 11 is 3.41. The van der Waals surface area contributed by atoms with E-state index in [2.05, 4.69) is 26.2 Å². The Morgan fingerprint density at radius 1 is 1.44 bits per heavy atom. The fourth-order valence-corrected chi connectivity index (χ4v) is 2.11. The Morgan fingerprint density at radius 2 is 2.28 bits per heavy atom. The molecule has 0 saturated carbocycles. The maximum atomic E-state index is 11.9. The van der Waals surface area contributed by atoms with Gasteiger partial charge in [-0.2, -0.15) is 0 Å². The number of carbonyl (C=O) groups excluding carboxylic acids is 1. The maximum absolute atomic E-state index is 11.9. The molecule has 2 aromatic rings. The highest BCUT2D eigenvalue weighted by Crippen LogP contribution is 2.20. The second-order valence-electron chi connectivity index (χ2n) is 4.03. The lowest BCUT2D eigenvalue weighted by atomic mass is 10.2. The van der Waals surface area contributed by atoms with Crippen LogP contribution in [0.4, 0.5) is 0 Å². The van der Waals surface area contributed by atoms with Crippen molar-refractivity contribution in [2.45, 2.75) is 13.3 Å². The number of amides is 1. The molecule has 0 aliphatic heterocycles. The minimum absolute atomic E-state index is 0.0631. The minimum atomic E-state index is -0.0631. The lowest BCUT2D eigenvalue weighted by molar-refractivity contribution is 0.0950. The summed E-state index contributed by atoms with van der Waals surface area (Å²) in [6, 6.07) is 7.77. The number of hydrogen-bond acceptors (Lipinski definition) is 1. The van der Waals surface area contributed by atoms with E-state index >= 15 is 0 Å². The van der Waals surface area contributed by atoms with Crippen LogP contribution in [0.25, 0.3) is 10.9 Å². The van der Waals surface area contributed by atoms with Crippen molar-refractivity contribution in [1.29, 1.82) is 0 Å². The Balaban J connectivity index is 2.08. The lowest BCUT2D eigenvalue weighted by Gasteiger charge is -2.00. The van der Waals surface area contributed by atoms with Crippen LogP contribution in [0.15, 0.2) is 40.9 Å². The molecule has 1 aromatic heterocycles. The van der Waals surface area contributed by atoms with Crippen molar-refractivity contribution in [1.82, 2.24) is 10.3 Å². The van der Waals surface area contributed by atoms with Crippen molar-refractivity contribution < 1.29 is 4.79 Å². The molecular formula is C14H15BrN2O. The fourth-order valence-electron chi connectivity index (χ4n) is 1.75. The van der Waals surface area contributed by atoms with Gasteiger partial charge in [0.2, 0.25) is 0 Å². The molecule has 4 heteroatoms. The predicted octanol–water partition coefficient (Wildman–Crippen LogP) is 3.63. The number of hydrogen-bond donors (Lipinski definition) is 2. The summed E-state index contributed by atoms with van der Waals surface area (Å²) in [7, 11) is 0. The van der Waals surface area contributed by atoms with Gasteiger partial charge in [0.15, 0.2) is 0 Å². The molecular weight excluding hydrogens is 292 g/mol. The number of fused-ring (bicyclic) bond motifs is 1. The van der Waals surface area contributed by atoms with Crippen molar-refractivity contribution in [3.63, 3.8) is 0 Å². The maximum Gasteiger partial charge on any atom is 0.267 e. The Labute approximate surface area is 114 Å². The molecule has 0 radical (unpaired) electrons. The zero-order valence-corrected chi connectivity index (χ0v) is 11.8. The first-order valence-electron chi connectivity index (χ1n) is 5.88.